The molecule has 42 heavy (non-hydrogen) atoms. The Hall–Kier alpha value is -3.78. The van der Waals surface area contributed by atoms with Crippen LogP contribution in [0.5, 0.6) is 5.88 Å². The summed E-state index contributed by atoms with van der Waals surface area (Å²) in [5, 5.41) is 16.5. The maximum absolute atomic E-state index is 10.6. The van der Waals surface area contributed by atoms with E-state index in [9.17, 15) is 5.26 Å². The quantitative estimate of drug-likeness (QED) is 0.459. The lowest BCUT2D eigenvalue weighted by molar-refractivity contribution is 0.110. The van der Waals surface area contributed by atoms with E-state index >= 15 is 0 Å². The summed E-state index contributed by atoms with van der Waals surface area (Å²) in [5.41, 5.74) is 5.04. The Morgan fingerprint density at radius 2 is 1.79 bits per heavy atom. The average Bonchev–Trinajstić information content (AvgIpc) is 3.68. The lowest BCUT2D eigenvalue weighted by Crippen LogP contribution is -2.53. The highest BCUT2D eigenvalue weighted by atomic mass is 16.5. The third kappa shape index (κ3) is 3.98. The number of hydrogen-bond acceptors (Lipinski definition) is 7. The predicted octanol–water partition coefficient (Wildman–Crippen LogP) is 4.60. The van der Waals surface area contributed by atoms with Crippen LogP contribution in [0.15, 0.2) is 36.4 Å². The van der Waals surface area contributed by atoms with Crippen molar-refractivity contribution in [3.63, 3.8) is 0 Å². The number of nitrogens with zero attached hydrogens (tertiary/aromatic N) is 5. The van der Waals surface area contributed by atoms with Gasteiger partial charge in [-0.3, -0.25) is 4.90 Å². The smallest absolute Gasteiger partial charge is 0.234 e. The number of rotatable bonds is 5. The number of aromatic nitrogens is 1. The number of piperazine rings is 1. The van der Waals surface area contributed by atoms with Gasteiger partial charge in [-0.1, -0.05) is 30.2 Å². The molecule has 0 spiro atoms. The second kappa shape index (κ2) is 10.2. The topological polar surface area (TPSA) is 67.7 Å². The van der Waals surface area contributed by atoms with E-state index < -0.39 is 0 Å². The predicted molar refractivity (Wildman–Crippen MR) is 166 cm³/mol. The van der Waals surface area contributed by atoms with Crippen LogP contribution in [0.25, 0.3) is 10.8 Å². The summed E-state index contributed by atoms with van der Waals surface area (Å²) in [6, 6.07) is 16.0. The average molecular weight is 559 g/mol. The van der Waals surface area contributed by atoms with E-state index in [1.54, 1.807) is 0 Å². The fourth-order valence-corrected chi connectivity index (χ4v) is 8.72. The number of pyridine rings is 1. The van der Waals surface area contributed by atoms with Crippen molar-refractivity contribution in [3.05, 3.63) is 58.7 Å². The highest BCUT2D eigenvalue weighted by Crippen LogP contribution is 2.43. The molecule has 4 fully saturated rings. The normalized spacial score (nSPS) is 24.3. The first-order valence-corrected chi connectivity index (χ1v) is 15.8. The van der Waals surface area contributed by atoms with Gasteiger partial charge < -0.3 is 19.9 Å². The molecule has 6 heterocycles. The highest BCUT2D eigenvalue weighted by Gasteiger charge is 2.46. The number of nitrogens with one attached hydrogen (secondary N) is 1. The standard InChI is InChI=1S/C35H38N6O/c1-2-24-7-3-8-25-9-4-10-31(32(24)25)39-18-13-28-30(22-39)29(19-36)34(42-23-35-14-5-16-40(35)17-6-15-35)38-33(28)41-26-11-12-27(41)21-37-20-26/h1,3-4,7-10,26-27,37H,5-6,11-18,20-23H2/t26-,27+. The zero-order chi connectivity index (χ0) is 28.3. The number of hydrogen-bond donors (Lipinski definition) is 1. The van der Waals surface area contributed by atoms with Crippen LogP contribution in [0.3, 0.4) is 0 Å². The molecule has 1 aromatic heterocycles. The number of fused-ring (bicyclic) bond motifs is 5. The molecule has 3 aromatic rings. The van der Waals surface area contributed by atoms with Crippen molar-refractivity contribution in [1.29, 1.82) is 5.26 Å². The highest BCUT2D eigenvalue weighted by molar-refractivity contribution is 5.99. The first-order valence-electron chi connectivity index (χ1n) is 15.8. The Morgan fingerprint density at radius 1 is 1.02 bits per heavy atom. The summed E-state index contributed by atoms with van der Waals surface area (Å²) in [6.45, 7) is 6.38. The zero-order valence-electron chi connectivity index (χ0n) is 24.2. The molecule has 1 N–H and O–H groups in total. The molecule has 0 amide bonds. The minimum atomic E-state index is 0.0964. The first-order chi connectivity index (χ1) is 20.7. The molecule has 4 saturated heterocycles. The molecule has 8 rings (SSSR count). The van der Waals surface area contributed by atoms with Crippen molar-refractivity contribution in [3.8, 4) is 24.3 Å². The number of terminal acetylenes is 1. The van der Waals surface area contributed by atoms with Gasteiger partial charge >= 0.3 is 0 Å². The molecular formula is C35H38N6O. The minimum absolute atomic E-state index is 0.0964. The summed E-state index contributed by atoms with van der Waals surface area (Å²) in [5.74, 6) is 4.49. The fraction of sp³-hybridized carbons (Fsp3) is 0.486. The third-order valence-corrected chi connectivity index (χ3v) is 10.7. The van der Waals surface area contributed by atoms with E-state index in [0.29, 0.717) is 36.7 Å². The van der Waals surface area contributed by atoms with Crippen LogP contribution in [-0.4, -0.2) is 66.8 Å². The van der Waals surface area contributed by atoms with Gasteiger partial charge in [0.25, 0.3) is 0 Å². The molecular weight excluding hydrogens is 520 g/mol. The molecule has 2 aromatic carbocycles. The molecule has 0 aliphatic carbocycles. The fourth-order valence-electron chi connectivity index (χ4n) is 8.72. The molecule has 7 heteroatoms. The SMILES string of the molecule is C#Cc1cccc2cccc(N3CCc4c(N5[C@@H]6CC[C@H]5CNC6)nc(OCC56CCCN5CCC6)c(C#N)c4C3)c12. The Balaban J connectivity index is 1.23. The van der Waals surface area contributed by atoms with Crippen LogP contribution in [0.4, 0.5) is 11.5 Å². The number of ether oxygens (including phenoxy) is 1. The molecule has 0 radical (unpaired) electrons. The summed E-state index contributed by atoms with van der Waals surface area (Å²) in [4.78, 5) is 12.8. The van der Waals surface area contributed by atoms with E-state index in [1.165, 1.54) is 44.1 Å². The number of nitriles is 1. The molecule has 2 atom stereocenters. The number of anilines is 2. The second-order valence-electron chi connectivity index (χ2n) is 12.8. The van der Waals surface area contributed by atoms with Crippen LogP contribution in [0.2, 0.25) is 0 Å². The van der Waals surface area contributed by atoms with E-state index in [1.807, 2.05) is 12.1 Å². The summed E-state index contributed by atoms with van der Waals surface area (Å²) in [7, 11) is 0. The van der Waals surface area contributed by atoms with Crippen molar-refractivity contribution in [2.75, 3.05) is 49.1 Å². The van der Waals surface area contributed by atoms with Gasteiger partial charge in [0.1, 0.15) is 24.1 Å². The van der Waals surface area contributed by atoms with Gasteiger partial charge in [0, 0.05) is 66.0 Å². The summed E-state index contributed by atoms with van der Waals surface area (Å²) >= 11 is 0. The van der Waals surface area contributed by atoms with E-state index in [2.05, 4.69) is 56.3 Å². The van der Waals surface area contributed by atoms with Crippen molar-refractivity contribution >= 4 is 22.3 Å². The number of benzene rings is 2. The maximum atomic E-state index is 10.6. The lowest BCUT2D eigenvalue weighted by atomic mass is 9.93. The zero-order valence-corrected chi connectivity index (χ0v) is 24.2. The Morgan fingerprint density at radius 3 is 2.52 bits per heavy atom. The molecule has 7 nitrogen and oxygen atoms in total. The Labute approximate surface area is 248 Å². The van der Waals surface area contributed by atoms with Gasteiger partial charge in [-0.15, -0.1) is 6.42 Å². The summed E-state index contributed by atoms with van der Waals surface area (Å²) in [6.07, 6.45) is 13.9. The van der Waals surface area contributed by atoms with Crippen molar-refractivity contribution < 1.29 is 4.74 Å². The largest absolute Gasteiger partial charge is 0.475 e. The van der Waals surface area contributed by atoms with Crippen LogP contribution in [0, 0.1) is 23.7 Å². The molecule has 5 aliphatic rings. The van der Waals surface area contributed by atoms with E-state index in [0.717, 1.165) is 72.5 Å². The molecule has 2 bridgehead atoms. The van der Waals surface area contributed by atoms with Crippen LogP contribution in [0.1, 0.15) is 60.8 Å². The van der Waals surface area contributed by atoms with E-state index in [4.69, 9.17) is 16.1 Å². The minimum Gasteiger partial charge on any atom is -0.475 e. The Bertz CT molecular complexity index is 1600. The van der Waals surface area contributed by atoms with Gasteiger partial charge in [0.05, 0.1) is 5.54 Å². The molecule has 5 aliphatic heterocycles. The van der Waals surface area contributed by atoms with Crippen LogP contribution < -0.4 is 19.9 Å². The molecule has 0 unspecified atom stereocenters. The van der Waals surface area contributed by atoms with Gasteiger partial charge in [0.2, 0.25) is 5.88 Å². The Kier molecular flexibility index (Phi) is 6.28. The van der Waals surface area contributed by atoms with Gasteiger partial charge in [0.15, 0.2) is 0 Å². The first kappa shape index (κ1) is 25.9. The van der Waals surface area contributed by atoms with Crippen molar-refractivity contribution in [2.45, 2.75) is 69.1 Å². The summed E-state index contributed by atoms with van der Waals surface area (Å²) < 4.78 is 6.69. The van der Waals surface area contributed by atoms with E-state index in [-0.39, 0.29) is 5.54 Å². The monoisotopic (exact) mass is 558 g/mol. The van der Waals surface area contributed by atoms with Crippen LogP contribution >= 0.6 is 0 Å². The maximum Gasteiger partial charge on any atom is 0.234 e. The van der Waals surface area contributed by atoms with Crippen LogP contribution in [-0.2, 0) is 13.0 Å². The van der Waals surface area contributed by atoms with Gasteiger partial charge in [-0.05, 0) is 75.6 Å². The third-order valence-electron chi connectivity index (χ3n) is 10.7. The molecule has 0 saturated carbocycles. The van der Waals surface area contributed by atoms with Crippen molar-refractivity contribution in [1.82, 2.24) is 15.2 Å². The van der Waals surface area contributed by atoms with Gasteiger partial charge in [-0.25, -0.2) is 0 Å². The van der Waals surface area contributed by atoms with Crippen molar-refractivity contribution in [2.24, 2.45) is 0 Å². The second-order valence-corrected chi connectivity index (χ2v) is 12.8. The van der Waals surface area contributed by atoms with Gasteiger partial charge in [-0.2, -0.15) is 10.2 Å². The molecule has 214 valence electrons. The lowest BCUT2D eigenvalue weighted by Gasteiger charge is -2.40.